The molecular weight excluding hydrogens is 561 g/mol. The predicted octanol–water partition coefficient (Wildman–Crippen LogP) is 7.37. The summed E-state index contributed by atoms with van der Waals surface area (Å²) in [5, 5.41) is -0.133. The van der Waals surface area contributed by atoms with E-state index in [2.05, 4.69) is 25.8 Å². The molecule has 6 nitrogen and oxygen atoms in total. The van der Waals surface area contributed by atoms with Crippen molar-refractivity contribution < 1.29 is 31.9 Å². The minimum atomic E-state index is -4.46. The second kappa shape index (κ2) is 13.5. The monoisotopic (exact) mass is 598 g/mol. The van der Waals surface area contributed by atoms with Gasteiger partial charge >= 0.3 is 12.1 Å². The number of halogens is 3. The number of hydrogen-bond acceptors (Lipinski definition) is 5. The first-order valence-electron chi connectivity index (χ1n) is 13.5. The van der Waals surface area contributed by atoms with Gasteiger partial charge in [-0.1, -0.05) is 63.2 Å². The highest BCUT2D eigenvalue weighted by Crippen LogP contribution is 2.37. The molecule has 0 bridgehead atoms. The van der Waals surface area contributed by atoms with Gasteiger partial charge in [0.15, 0.2) is 14.4 Å². The van der Waals surface area contributed by atoms with E-state index in [1.54, 1.807) is 6.20 Å². The highest BCUT2D eigenvalue weighted by molar-refractivity contribution is 6.74. The van der Waals surface area contributed by atoms with Crippen LogP contribution in [0, 0.1) is 0 Å². The molecule has 0 radical (unpaired) electrons. The molecule has 1 aromatic heterocycles. The lowest BCUT2D eigenvalue weighted by Crippen LogP contribution is -2.51. The SMILES string of the molecule is COC(=O)C(CO[Si](C)(C)C(C)(C)C)N(Cc1ccc(-c2ccccn2)cc1)C(=O)C=Cc1ccc(C(F)(F)F)cc1. The van der Waals surface area contributed by atoms with Crippen molar-refractivity contribution in [3.05, 3.63) is 95.7 Å². The summed E-state index contributed by atoms with van der Waals surface area (Å²) < 4.78 is 50.3. The normalized spacial score (nSPS) is 13.2. The summed E-state index contributed by atoms with van der Waals surface area (Å²) in [5.74, 6) is -1.15. The van der Waals surface area contributed by atoms with Crippen molar-refractivity contribution in [3.8, 4) is 11.3 Å². The fraction of sp³-hybridized carbons (Fsp3) is 0.344. The largest absolute Gasteiger partial charge is 0.467 e. The van der Waals surface area contributed by atoms with Crippen molar-refractivity contribution in [3.63, 3.8) is 0 Å². The molecule has 3 aromatic rings. The average molecular weight is 599 g/mol. The van der Waals surface area contributed by atoms with Crippen molar-refractivity contribution in [1.29, 1.82) is 0 Å². The molecule has 3 rings (SSSR count). The molecule has 0 aliphatic carbocycles. The Morgan fingerprint density at radius 1 is 0.976 bits per heavy atom. The number of aromatic nitrogens is 1. The second-order valence-corrected chi connectivity index (χ2v) is 16.3. The zero-order chi connectivity index (χ0) is 31.1. The van der Waals surface area contributed by atoms with Crippen LogP contribution in [0.15, 0.2) is 79.0 Å². The third-order valence-corrected chi connectivity index (χ3v) is 12.0. The number of alkyl halides is 3. The lowest BCUT2D eigenvalue weighted by atomic mass is 10.1. The van der Waals surface area contributed by atoms with Gasteiger partial charge in [0.25, 0.3) is 0 Å². The maximum atomic E-state index is 13.6. The molecule has 1 amide bonds. The van der Waals surface area contributed by atoms with Crippen LogP contribution in [0.3, 0.4) is 0 Å². The van der Waals surface area contributed by atoms with Crippen LogP contribution in [-0.4, -0.2) is 49.8 Å². The van der Waals surface area contributed by atoms with Crippen LogP contribution in [0.1, 0.15) is 37.5 Å². The number of carbonyl (C=O) groups excluding carboxylic acids is 2. The number of esters is 1. The number of methoxy groups -OCH3 is 1. The van der Waals surface area contributed by atoms with Gasteiger partial charge in [-0.2, -0.15) is 13.2 Å². The third kappa shape index (κ3) is 8.62. The van der Waals surface area contributed by atoms with Crippen LogP contribution in [0.25, 0.3) is 17.3 Å². The van der Waals surface area contributed by atoms with E-state index in [4.69, 9.17) is 9.16 Å². The molecule has 2 aromatic carbocycles. The highest BCUT2D eigenvalue weighted by atomic mass is 28.4. The molecule has 0 saturated heterocycles. The van der Waals surface area contributed by atoms with Crippen molar-refractivity contribution in [2.24, 2.45) is 0 Å². The standard InChI is InChI=1S/C32H37F3N2O4Si/c1-31(2,3)42(5,6)41-22-28(30(39)40-4)37(21-24-10-15-25(16-11-24)27-9-7-8-20-36-27)29(38)19-14-23-12-17-26(18-13-23)32(33,34)35/h7-20,28H,21-22H2,1-6H3. The molecule has 1 unspecified atom stereocenters. The fourth-order valence-electron chi connectivity index (χ4n) is 3.82. The molecule has 0 saturated carbocycles. The molecule has 224 valence electrons. The Labute approximate surface area is 246 Å². The van der Waals surface area contributed by atoms with Gasteiger partial charge in [0, 0.05) is 24.4 Å². The summed E-state index contributed by atoms with van der Waals surface area (Å²) in [6, 6.07) is 16.5. The summed E-state index contributed by atoms with van der Waals surface area (Å²) in [6.45, 7) is 10.3. The van der Waals surface area contributed by atoms with Gasteiger partial charge in [-0.05, 0) is 59.6 Å². The average Bonchev–Trinajstić information content (AvgIpc) is 2.95. The Morgan fingerprint density at radius 2 is 1.62 bits per heavy atom. The first-order chi connectivity index (χ1) is 19.6. The highest BCUT2D eigenvalue weighted by Gasteiger charge is 2.40. The Balaban J connectivity index is 1.93. The summed E-state index contributed by atoms with van der Waals surface area (Å²) in [7, 11) is -1.04. The van der Waals surface area contributed by atoms with Crippen LogP contribution in [0.4, 0.5) is 13.2 Å². The second-order valence-electron chi connectivity index (χ2n) is 11.4. The summed E-state index contributed by atoms with van der Waals surface area (Å²) in [6.07, 6.45) is -0.0926. The number of nitrogens with zero attached hydrogens (tertiary/aromatic N) is 2. The van der Waals surface area contributed by atoms with E-state index in [1.807, 2.05) is 55.6 Å². The van der Waals surface area contributed by atoms with Gasteiger partial charge in [-0.3, -0.25) is 9.78 Å². The molecule has 0 aliphatic rings. The smallest absolute Gasteiger partial charge is 0.416 e. The van der Waals surface area contributed by atoms with Gasteiger partial charge in [0.05, 0.1) is 25.0 Å². The summed E-state index contributed by atoms with van der Waals surface area (Å²) in [5.41, 5.74) is 2.07. The Morgan fingerprint density at radius 3 is 2.14 bits per heavy atom. The number of benzene rings is 2. The Bertz CT molecular complexity index is 1370. The third-order valence-electron chi connectivity index (χ3n) is 7.46. The number of pyridine rings is 1. The van der Waals surface area contributed by atoms with Crippen LogP contribution in [-0.2, 0) is 31.5 Å². The predicted molar refractivity (Wildman–Crippen MR) is 160 cm³/mol. The number of rotatable bonds is 10. The van der Waals surface area contributed by atoms with Crippen LogP contribution < -0.4 is 0 Å². The Hall–Kier alpha value is -3.76. The number of hydrogen-bond donors (Lipinski definition) is 0. The van der Waals surface area contributed by atoms with Crippen molar-refractivity contribution >= 4 is 26.3 Å². The van der Waals surface area contributed by atoms with Gasteiger partial charge < -0.3 is 14.1 Å². The van der Waals surface area contributed by atoms with E-state index >= 15 is 0 Å². The van der Waals surface area contributed by atoms with Crippen LogP contribution in [0.5, 0.6) is 0 Å². The van der Waals surface area contributed by atoms with E-state index in [0.717, 1.165) is 29.0 Å². The van der Waals surface area contributed by atoms with E-state index in [9.17, 15) is 22.8 Å². The van der Waals surface area contributed by atoms with E-state index in [-0.39, 0.29) is 18.2 Å². The molecule has 42 heavy (non-hydrogen) atoms. The molecule has 0 aliphatic heterocycles. The lowest BCUT2D eigenvalue weighted by Gasteiger charge is -2.38. The number of amides is 1. The van der Waals surface area contributed by atoms with Crippen molar-refractivity contribution in [2.75, 3.05) is 13.7 Å². The van der Waals surface area contributed by atoms with Gasteiger partial charge in [0.2, 0.25) is 5.91 Å². The molecule has 0 spiro atoms. The van der Waals surface area contributed by atoms with E-state index < -0.39 is 38.0 Å². The van der Waals surface area contributed by atoms with E-state index in [0.29, 0.717) is 5.56 Å². The zero-order valence-corrected chi connectivity index (χ0v) is 25.7. The van der Waals surface area contributed by atoms with Crippen molar-refractivity contribution in [1.82, 2.24) is 9.88 Å². The van der Waals surface area contributed by atoms with Gasteiger partial charge in [-0.15, -0.1) is 0 Å². The maximum Gasteiger partial charge on any atom is 0.416 e. The first-order valence-corrected chi connectivity index (χ1v) is 16.4. The molecule has 0 fully saturated rings. The Kier molecular flexibility index (Phi) is 10.5. The summed E-state index contributed by atoms with van der Waals surface area (Å²) >= 11 is 0. The van der Waals surface area contributed by atoms with Gasteiger partial charge in [0.1, 0.15) is 0 Å². The molecule has 0 N–H and O–H groups in total. The van der Waals surface area contributed by atoms with Crippen LogP contribution in [0.2, 0.25) is 18.1 Å². The number of carbonyl (C=O) groups is 2. The summed E-state index contributed by atoms with van der Waals surface area (Å²) in [4.78, 5) is 32.4. The topological polar surface area (TPSA) is 68.7 Å². The van der Waals surface area contributed by atoms with Gasteiger partial charge in [-0.25, -0.2) is 4.79 Å². The molecular formula is C32H37F3N2O4Si. The van der Waals surface area contributed by atoms with E-state index in [1.165, 1.54) is 36.3 Å². The minimum Gasteiger partial charge on any atom is -0.467 e. The molecule has 10 heteroatoms. The van der Waals surface area contributed by atoms with Crippen LogP contribution >= 0.6 is 0 Å². The lowest BCUT2D eigenvalue weighted by molar-refractivity contribution is -0.153. The number of ether oxygens (including phenoxy) is 1. The quantitative estimate of drug-likeness (QED) is 0.138. The zero-order valence-electron chi connectivity index (χ0n) is 24.7. The molecule has 1 atom stereocenters. The fourth-order valence-corrected chi connectivity index (χ4v) is 4.83. The minimum absolute atomic E-state index is 0.0605. The molecule has 1 heterocycles. The first kappa shape index (κ1) is 32.7. The van der Waals surface area contributed by atoms with Crippen molar-refractivity contribution in [2.45, 2.75) is 57.7 Å². The maximum absolute atomic E-state index is 13.6.